The van der Waals surface area contributed by atoms with Crippen molar-refractivity contribution >= 4 is 0 Å². The highest BCUT2D eigenvalue weighted by atomic mass is 15.2. The van der Waals surface area contributed by atoms with E-state index in [4.69, 9.17) is 5.73 Å². The van der Waals surface area contributed by atoms with Crippen LogP contribution in [0.4, 0.5) is 0 Å². The highest BCUT2D eigenvalue weighted by Gasteiger charge is 2.05. The topological polar surface area (TPSA) is 29.3 Å². The number of hydrogen-bond donors (Lipinski definition) is 1. The van der Waals surface area contributed by atoms with E-state index in [9.17, 15) is 0 Å². The molecule has 0 fully saturated rings. The van der Waals surface area contributed by atoms with Gasteiger partial charge in [-0.3, -0.25) is 0 Å². The van der Waals surface area contributed by atoms with E-state index in [1.54, 1.807) is 0 Å². The van der Waals surface area contributed by atoms with Gasteiger partial charge in [0.05, 0.1) is 5.82 Å². The smallest absolute Gasteiger partial charge is 0.0942 e. The van der Waals surface area contributed by atoms with Gasteiger partial charge < -0.3 is 10.6 Å². The summed E-state index contributed by atoms with van der Waals surface area (Å²) >= 11 is 0. The Morgan fingerprint density at radius 3 is 0.756 bits per heavy atom. The lowest BCUT2D eigenvalue weighted by Crippen LogP contribution is -2.29. The lowest BCUT2D eigenvalue weighted by molar-refractivity contribution is 0.318. The minimum atomic E-state index is 0.993. The van der Waals surface area contributed by atoms with Crippen molar-refractivity contribution in [2.45, 2.75) is 226 Å². The Morgan fingerprint density at radius 2 is 0.561 bits per heavy atom. The first kappa shape index (κ1) is 40.3. The lowest BCUT2D eigenvalue weighted by Gasteiger charge is -2.25. The molecule has 0 saturated heterocycles. The number of rotatable bonds is 35. The van der Waals surface area contributed by atoms with Crippen molar-refractivity contribution in [1.29, 1.82) is 0 Å². The molecule has 0 bridgehead atoms. The predicted molar refractivity (Wildman–Crippen MR) is 189 cm³/mol. The van der Waals surface area contributed by atoms with Crippen molar-refractivity contribution < 1.29 is 0 Å². The van der Waals surface area contributed by atoms with Gasteiger partial charge in [0, 0.05) is 13.1 Å². The molecule has 0 unspecified atom stereocenters. The van der Waals surface area contributed by atoms with Crippen LogP contribution in [-0.2, 0) is 0 Å². The first-order chi connectivity index (χ1) is 20.3. The average Bonchev–Trinajstić information content (AvgIpc) is 2.99. The van der Waals surface area contributed by atoms with E-state index in [1.807, 2.05) is 0 Å². The molecule has 0 aromatic heterocycles. The van der Waals surface area contributed by atoms with E-state index in [2.05, 4.69) is 31.7 Å². The summed E-state index contributed by atoms with van der Waals surface area (Å²) < 4.78 is 0. The summed E-state index contributed by atoms with van der Waals surface area (Å²) in [6, 6.07) is 0. The fourth-order valence-electron chi connectivity index (χ4n) is 6.25. The van der Waals surface area contributed by atoms with Crippen molar-refractivity contribution in [3.05, 3.63) is 11.9 Å². The van der Waals surface area contributed by atoms with Gasteiger partial charge in [-0.05, 0) is 25.8 Å². The van der Waals surface area contributed by atoms with Crippen LogP contribution in [0.5, 0.6) is 0 Å². The van der Waals surface area contributed by atoms with Gasteiger partial charge in [-0.15, -0.1) is 0 Å². The Balaban J connectivity index is 3.49. The molecule has 0 aliphatic rings. The van der Waals surface area contributed by atoms with Crippen LogP contribution in [0.25, 0.3) is 0 Å². The maximum absolute atomic E-state index is 6.34. The fourth-order valence-corrected chi connectivity index (χ4v) is 6.25. The molecule has 0 heterocycles. The first-order valence-electron chi connectivity index (χ1n) is 19.4. The molecule has 0 radical (unpaired) electrons. The fraction of sp³-hybridized carbons (Fsp3) is 0.949. The Labute approximate surface area is 261 Å². The molecule has 2 nitrogen and oxygen atoms in total. The van der Waals surface area contributed by atoms with E-state index >= 15 is 0 Å². The molecule has 41 heavy (non-hydrogen) atoms. The summed E-state index contributed by atoms with van der Waals surface area (Å²) in [5.74, 6) is 0.993. The molecule has 0 atom stereocenters. The zero-order valence-corrected chi connectivity index (χ0v) is 29.1. The van der Waals surface area contributed by atoms with Crippen molar-refractivity contribution in [3.8, 4) is 0 Å². The van der Waals surface area contributed by atoms with Crippen molar-refractivity contribution in [2.24, 2.45) is 5.73 Å². The summed E-state index contributed by atoms with van der Waals surface area (Å²) in [5.41, 5.74) is 6.34. The molecule has 0 aliphatic heterocycles. The monoisotopic (exact) mass is 577 g/mol. The zero-order valence-electron chi connectivity index (χ0n) is 29.1. The van der Waals surface area contributed by atoms with Crippen LogP contribution < -0.4 is 5.73 Å². The predicted octanol–water partition coefficient (Wildman–Crippen LogP) is 13.6. The van der Waals surface area contributed by atoms with Crippen LogP contribution in [0.3, 0.4) is 0 Å². The molecule has 0 saturated carbocycles. The molecule has 0 aliphatic carbocycles. The van der Waals surface area contributed by atoms with E-state index in [0.29, 0.717) is 0 Å². The second-order valence-corrected chi connectivity index (χ2v) is 13.3. The van der Waals surface area contributed by atoms with Crippen LogP contribution in [-0.4, -0.2) is 18.0 Å². The van der Waals surface area contributed by atoms with Gasteiger partial charge >= 0.3 is 0 Å². The summed E-state index contributed by atoms with van der Waals surface area (Å²) in [4.78, 5) is 2.45. The third-order valence-corrected chi connectivity index (χ3v) is 9.22. The summed E-state index contributed by atoms with van der Waals surface area (Å²) in [7, 11) is 0. The summed E-state index contributed by atoms with van der Waals surface area (Å²) in [6.07, 6.45) is 47.9. The summed E-state index contributed by atoms with van der Waals surface area (Å²) in [6.45, 7) is 8.99. The molecular weight excluding hydrogens is 496 g/mol. The molecule has 0 aromatic rings. The van der Waals surface area contributed by atoms with E-state index in [0.717, 1.165) is 18.9 Å². The Kier molecular flexibility index (Phi) is 35.0. The van der Waals surface area contributed by atoms with Gasteiger partial charge in [-0.2, -0.15) is 0 Å². The minimum Gasteiger partial charge on any atom is -0.386 e. The Hall–Kier alpha value is -0.660. The van der Waals surface area contributed by atoms with Crippen molar-refractivity contribution in [2.75, 3.05) is 13.1 Å². The molecule has 0 rings (SSSR count). The van der Waals surface area contributed by atoms with Gasteiger partial charge in [0.1, 0.15) is 0 Å². The molecule has 2 N–H and O–H groups in total. The van der Waals surface area contributed by atoms with Gasteiger partial charge in [0.15, 0.2) is 0 Å². The molecule has 0 aromatic carbocycles. The average molecular weight is 577 g/mol. The Bertz CT molecular complexity index is 464. The number of hydrogen-bond acceptors (Lipinski definition) is 2. The third-order valence-electron chi connectivity index (χ3n) is 9.22. The van der Waals surface area contributed by atoms with E-state index < -0.39 is 0 Å². The largest absolute Gasteiger partial charge is 0.386 e. The molecular formula is C39H80N2. The number of allylic oxidation sites excluding steroid dienone is 1. The second kappa shape index (κ2) is 35.5. The second-order valence-electron chi connectivity index (χ2n) is 13.3. The maximum atomic E-state index is 6.34. The standard InChI is InChI=1S/C39H80N2/c1-4-7-9-11-13-15-17-19-21-23-25-27-29-31-33-35-37-41(39(40)6-3)38-36-34-32-30-28-26-24-22-20-18-16-14-12-10-8-5-2/h6H,4-5,7-38,40H2,1-3H3. The molecule has 0 spiro atoms. The van der Waals surface area contributed by atoms with Crippen LogP contribution in [0.1, 0.15) is 226 Å². The minimum absolute atomic E-state index is 0.993. The lowest BCUT2D eigenvalue weighted by atomic mass is 10.0. The highest BCUT2D eigenvalue weighted by Crippen LogP contribution is 2.16. The van der Waals surface area contributed by atoms with Crippen LogP contribution in [0.2, 0.25) is 0 Å². The quantitative estimate of drug-likeness (QED) is 0.0760. The zero-order chi connectivity index (χ0) is 29.9. The SMILES string of the molecule is CC=C(N)N(CCCCCCCCCCCCCCCCCC)CCCCCCCCCCCCCCCCCC. The molecule has 0 amide bonds. The van der Waals surface area contributed by atoms with Crippen LogP contribution in [0.15, 0.2) is 11.9 Å². The van der Waals surface area contributed by atoms with E-state index in [-0.39, 0.29) is 0 Å². The van der Waals surface area contributed by atoms with E-state index in [1.165, 1.54) is 205 Å². The number of unbranched alkanes of at least 4 members (excludes halogenated alkanes) is 30. The van der Waals surface area contributed by atoms with Crippen molar-refractivity contribution in [1.82, 2.24) is 4.90 Å². The van der Waals surface area contributed by atoms with Gasteiger partial charge in [0.2, 0.25) is 0 Å². The molecule has 246 valence electrons. The first-order valence-corrected chi connectivity index (χ1v) is 19.4. The highest BCUT2D eigenvalue weighted by molar-refractivity contribution is 4.93. The van der Waals surface area contributed by atoms with Gasteiger partial charge in [0.25, 0.3) is 0 Å². The third kappa shape index (κ3) is 32.1. The van der Waals surface area contributed by atoms with Gasteiger partial charge in [-0.1, -0.05) is 206 Å². The number of nitrogens with zero attached hydrogens (tertiary/aromatic N) is 1. The Morgan fingerprint density at radius 1 is 0.366 bits per heavy atom. The van der Waals surface area contributed by atoms with Crippen LogP contribution in [0, 0.1) is 0 Å². The van der Waals surface area contributed by atoms with Gasteiger partial charge in [-0.25, -0.2) is 0 Å². The summed E-state index contributed by atoms with van der Waals surface area (Å²) in [5, 5.41) is 0. The van der Waals surface area contributed by atoms with Crippen molar-refractivity contribution in [3.63, 3.8) is 0 Å². The molecule has 2 heteroatoms. The van der Waals surface area contributed by atoms with Crippen LogP contribution >= 0.6 is 0 Å². The number of nitrogens with two attached hydrogens (primary N) is 1. The normalized spacial score (nSPS) is 11.9. The maximum Gasteiger partial charge on any atom is 0.0942 e.